The fraction of sp³-hybridized carbons (Fsp3) is 0.294. The summed E-state index contributed by atoms with van der Waals surface area (Å²) in [5, 5.41) is 22.7. The number of aryl methyl sites for hydroxylation is 2. The first-order valence-electron chi connectivity index (χ1n) is 21.5. The number of esters is 1. The van der Waals surface area contributed by atoms with E-state index in [1.54, 1.807) is 76.4 Å². The Balaban J connectivity index is 0.000000376. The molecular weight excluding hydrogens is 841 g/mol. The summed E-state index contributed by atoms with van der Waals surface area (Å²) in [6, 6.07) is 36.5. The number of carboxylic acid groups (broad SMARTS) is 1. The first kappa shape index (κ1) is 51.1. The number of aliphatic carboxylic acids is 1. The Hall–Kier alpha value is -7.52. The Morgan fingerprint density at radius 1 is 0.636 bits per heavy atom. The van der Waals surface area contributed by atoms with Crippen molar-refractivity contribution < 1.29 is 43.3 Å². The Morgan fingerprint density at radius 3 is 1.59 bits per heavy atom. The van der Waals surface area contributed by atoms with Crippen molar-refractivity contribution in [3.63, 3.8) is 0 Å². The van der Waals surface area contributed by atoms with Crippen molar-refractivity contribution in [2.75, 3.05) is 48.1 Å². The van der Waals surface area contributed by atoms with E-state index in [0.29, 0.717) is 36.5 Å². The summed E-state index contributed by atoms with van der Waals surface area (Å²) >= 11 is 0. The Labute approximate surface area is 386 Å². The van der Waals surface area contributed by atoms with Gasteiger partial charge in [-0.05, 0) is 105 Å². The standard InChI is InChI=1S/C35H44N4O6.C16H16N2O3/c1-25-12-9-10-15-29(25)38-34(43)36-28-18-16-26(17-19-28)22-32(41)39(20-11-21-44-5)24-31(40)37-30(27-13-7-6-8-14-27)23-33(42)45-35(2,3)4;1-11-4-2-3-5-14(11)18-16(21)17-13-8-6-12(7-9-13)10-15(19)20/h6-10,12-19,30H,11,20-24H2,1-5H3,(H,37,40)(H2,36,38,43);2-9H,10H2,1H3,(H,19,20)(H2,17,18,21)/t30-;/m0./s1. The van der Waals surface area contributed by atoms with Gasteiger partial charge < -0.3 is 46.1 Å². The number of anilines is 4. The number of urea groups is 2. The van der Waals surface area contributed by atoms with E-state index in [0.717, 1.165) is 33.6 Å². The minimum atomic E-state index is -0.881. The second-order valence-electron chi connectivity index (χ2n) is 16.4. The summed E-state index contributed by atoms with van der Waals surface area (Å²) in [5.74, 6) is -1.94. The summed E-state index contributed by atoms with van der Waals surface area (Å²) in [6.45, 7) is 9.77. The molecule has 0 unspecified atom stereocenters. The maximum Gasteiger partial charge on any atom is 0.323 e. The Morgan fingerprint density at radius 2 is 1.12 bits per heavy atom. The van der Waals surface area contributed by atoms with Crippen LogP contribution in [0, 0.1) is 13.8 Å². The smallest absolute Gasteiger partial charge is 0.323 e. The fourth-order valence-electron chi connectivity index (χ4n) is 6.46. The van der Waals surface area contributed by atoms with Crippen molar-refractivity contribution in [2.24, 2.45) is 0 Å². The number of hydrogen-bond acceptors (Lipinski definition) is 8. The molecule has 1 atom stereocenters. The van der Waals surface area contributed by atoms with Crippen LogP contribution in [0.2, 0.25) is 0 Å². The molecule has 0 aliphatic carbocycles. The summed E-state index contributed by atoms with van der Waals surface area (Å²) in [7, 11) is 1.58. The SMILES string of the molecule is COCCCN(CC(=O)N[C@@H](CC(=O)OC(C)(C)C)c1ccccc1)C(=O)Cc1ccc(NC(=O)Nc2ccccc2C)cc1.Cc1ccccc1NC(=O)Nc1ccc(CC(=O)O)cc1. The molecule has 15 heteroatoms. The third kappa shape index (κ3) is 18.7. The number of rotatable bonds is 18. The van der Waals surface area contributed by atoms with Crippen molar-refractivity contribution in [1.29, 1.82) is 0 Å². The van der Waals surface area contributed by atoms with Crippen LogP contribution in [0.4, 0.5) is 32.3 Å². The lowest BCUT2D eigenvalue weighted by atomic mass is 10.0. The van der Waals surface area contributed by atoms with Gasteiger partial charge in [0.15, 0.2) is 0 Å². The number of methoxy groups -OCH3 is 1. The first-order chi connectivity index (χ1) is 31.5. The molecule has 5 aromatic rings. The molecule has 66 heavy (non-hydrogen) atoms. The quantitative estimate of drug-likeness (QED) is 0.0367. The average Bonchev–Trinajstić information content (AvgIpc) is 3.26. The second kappa shape index (κ2) is 25.7. The van der Waals surface area contributed by atoms with Gasteiger partial charge in [0, 0.05) is 43.0 Å². The van der Waals surface area contributed by atoms with Crippen LogP contribution in [-0.4, -0.2) is 78.2 Å². The zero-order valence-corrected chi connectivity index (χ0v) is 38.3. The molecule has 5 rings (SSSR count). The van der Waals surface area contributed by atoms with E-state index in [-0.39, 0.29) is 43.8 Å². The van der Waals surface area contributed by atoms with Gasteiger partial charge in [-0.25, -0.2) is 9.59 Å². The maximum atomic E-state index is 13.4. The summed E-state index contributed by atoms with van der Waals surface area (Å²) in [4.78, 5) is 75.7. The van der Waals surface area contributed by atoms with E-state index in [2.05, 4.69) is 26.6 Å². The molecule has 0 radical (unpaired) electrons. The van der Waals surface area contributed by atoms with Crippen molar-refractivity contribution in [1.82, 2.24) is 10.2 Å². The van der Waals surface area contributed by atoms with Crippen LogP contribution in [0.15, 0.2) is 127 Å². The lowest BCUT2D eigenvalue weighted by Gasteiger charge is -2.26. The van der Waals surface area contributed by atoms with E-state index >= 15 is 0 Å². The number of carbonyl (C=O) groups is 6. The van der Waals surface area contributed by atoms with Gasteiger partial charge in [-0.3, -0.25) is 19.2 Å². The highest BCUT2D eigenvalue weighted by molar-refractivity contribution is 6.01. The molecular formula is C51H60N6O9. The highest BCUT2D eigenvalue weighted by Crippen LogP contribution is 2.21. The van der Waals surface area contributed by atoms with Crippen LogP contribution in [0.3, 0.4) is 0 Å². The molecule has 15 nitrogen and oxygen atoms in total. The van der Waals surface area contributed by atoms with Crippen LogP contribution in [0.25, 0.3) is 0 Å². The van der Waals surface area contributed by atoms with Gasteiger partial charge in [-0.1, -0.05) is 91.0 Å². The van der Waals surface area contributed by atoms with Gasteiger partial charge in [0.05, 0.1) is 31.8 Å². The fourth-order valence-corrected chi connectivity index (χ4v) is 6.46. The van der Waals surface area contributed by atoms with E-state index < -0.39 is 29.5 Å². The third-order valence-electron chi connectivity index (χ3n) is 9.71. The molecule has 5 aromatic carbocycles. The van der Waals surface area contributed by atoms with E-state index in [9.17, 15) is 28.8 Å². The summed E-state index contributed by atoms with van der Waals surface area (Å²) in [6.07, 6.45) is 0.536. The van der Waals surface area contributed by atoms with Gasteiger partial charge >= 0.3 is 24.0 Å². The van der Waals surface area contributed by atoms with Crippen molar-refractivity contribution in [3.05, 3.63) is 155 Å². The molecule has 6 amide bonds. The predicted octanol–water partition coefficient (Wildman–Crippen LogP) is 8.90. The van der Waals surface area contributed by atoms with Gasteiger partial charge in [-0.15, -0.1) is 0 Å². The van der Waals surface area contributed by atoms with Gasteiger partial charge in [0.25, 0.3) is 0 Å². The molecule has 0 saturated heterocycles. The van der Waals surface area contributed by atoms with E-state index in [1.807, 2.05) is 92.7 Å². The number of ether oxygens (including phenoxy) is 2. The predicted molar refractivity (Wildman–Crippen MR) is 256 cm³/mol. The van der Waals surface area contributed by atoms with Crippen molar-refractivity contribution in [3.8, 4) is 0 Å². The minimum Gasteiger partial charge on any atom is -0.481 e. The average molecular weight is 901 g/mol. The number of nitrogens with one attached hydrogen (secondary N) is 5. The maximum absolute atomic E-state index is 13.4. The van der Waals surface area contributed by atoms with E-state index in [4.69, 9.17) is 14.6 Å². The topological polar surface area (TPSA) is 204 Å². The minimum absolute atomic E-state index is 0.0321. The second-order valence-corrected chi connectivity index (χ2v) is 16.4. The summed E-state index contributed by atoms with van der Waals surface area (Å²) in [5.41, 5.74) is 6.09. The lowest BCUT2D eigenvalue weighted by Crippen LogP contribution is -2.43. The highest BCUT2D eigenvalue weighted by Gasteiger charge is 2.25. The molecule has 0 spiro atoms. The van der Waals surface area contributed by atoms with Crippen LogP contribution in [-0.2, 0) is 41.5 Å². The molecule has 0 bridgehead atoms. The molecule has 6 N–H and O–H groups in total. The Bertz CT molecular complexity index is 2380. The monoisotopic (exact) mass is 900 g/mol. The molecule has 0 saturated carbocycles. The number of nitrogens with zero attached hydrogens (tertiary/aromatic N) is 1. The van der Waals surface area contributed by atoms with Crippen LogP contribution < -0.4 is 26.6 Å². The molecule has 348 valence electrons. The zero-order chi connectivity index (χ0) is 48.1. The molecule has 0 aromatic heterocycles. The first-order valence-corrected chi connectivity index (χ1v) is 21.5. The normalized spacial score (nSPS) is 11.1. The highest BCUT2D eigenvalue weighted by atomic mass is 16.6. The van der Waals surface area contributed by atoms with Crippen LogP contribution in [0.5, 0.6) is 0 Å². The molecule has 0 fully saturated rings. The number of para-hydroxylation sites is 2. The summed E-state index contributed by atoms with van der Waals surface area (Å²) < 4.78 is 10.6. The molecule has 0 heterocycles. The zero-order valence-electron chi connectivity index (χ0n) is 38.3. The largest absolute Gasteiger partial charge is 0.481 e. The van der Waals surface area contributed by atoms with Gasteiger partial charge in [0.2, 0.25) is 11.8 Å². The van der Waals surface area contributed by atoms with Gasteiger partial charge in [0.1, 0.15) is 5.60 Å². The molecule has 0 aliphatic heterocycles. The number of amides is 6. The van der Waals surface area contributed by atoms with Crippen molar-refractivity contribution >= 4 is 58.6 Å². The van der Waals surface area contributed by atoms with Gasteiger partial charge in [-0.2, -0.15) is 0 Å². The number of carbonyl (C=O) groups excluding carboxylic acids is 5. The number of benzene rings is 5. The Kier molecular flexibility index (Phi) is 19.9. The van der Waals surface area contributed by atoms with Crippen LogP contribution >= 0.6 is 0 Å². The lowest BCUT2D eigenvalue weighted by molar-refractivity contribution is -0.155. The molecule has 0 aliphatic rings. The van der Waals surface area contributed by atoms with Crippen molar-refractivity contribution in [2.45, 2.75) is 71.9 Å². The number of carboxylic acids is 1. The third-order valence-corrected chi connectivity index (χ3v) is 9.71. The van der Waals surface area contributed by atoms with E-state index in [1.165, 1.54) is 4.90 Å². The number of hydrogen-bond donors (Lipinski definition) is 6. The van der Waals surface area contributed by atoms with Crippen LogP contribution in [0.1, 0.15) is 67.5 Å².